The molecule has 2 atom stereocenters. The zero-order chi connectivity index (χ0) is 8.48. The number of hydrogen-bond donors (Lipinski definition) is 1. The van der Waals surface area contributed by atoms with Gasteiger partial charge in [0.1, 0.15) is 0 Å². The second-order valence-electron chi connectivity index (χ2n) is 3.77. The van der Waals surface area contributed by atoms with E-state index in [1.54, 1.807) is 0 Å². The molecule has 0 radical (unpaired) electrons. The minimum atomic E-state index is 0.00347. The summed E-state index contributed by atoms with van der Waals surface area (Å²) in [5, 5.41) is 0.890. The molecule has 1 heterocycles. The molecule has 1 rings (SSSR count). The molecule has 11 heavy (non-hydrogen) atoms. The van der Waals surface area contributed by atoms with Gasteiger partial charge in [0.15, 0.2) is 0 Å². The molecule has 3 heteroatoms. The predicted molar refractivity (Wildman–Crippen MR) is 43.6 cm³/mol. The van der Waals surface area contributed by atoms with Crippen LogP contribution in [0.15, 0.2) is 0 Å². The first-order chi connectivity index (χ1) is 5.12. The van der Waals surface area contributed by atoms with Gasteiger partial charge in [-0.2, -0.15) is 0 Å². The first kappa shape index (κ1) is 8.94. The van der Waals surface area contributed by atoms with Crippen LogP contribution in [0.1, 0.15) is 20.3 Å². The van der Waals surface area contributed by atoms with Crippen molar-refractivity contribution in [3.8, 4) is 0 Å². The minimum absolute atomic E-state index is 0.00347. The molecule has 0 aromatic heterocycles. The number of rotatable bonds is 2. The van der Waals surface area contributed by atoms with Crippen LogP contribution in [0.25, 0.3) is 0 Å². The Hall–Kier alpha value is -0.150. The normalized spacial score (nSPS) is 39.8. The number of halogens is 1. The highest BCUT2D eigenvalue weighted by atomic mass is 19.2. The molecule has 0 aliphatic carbocycles. The predicted octanol–water partition coefficient (Wildman–Crippen LogP) is 1.18. The minimum Gasteiger partial charge on any atom is -0.330 e. The van der Waals surface area contributed by atoms with E-state index in [9.17, 15) is 4.48 Å². The van der Waals surface area contributed by atoms with Crippen LogP contribution in [0.4, 0.5) is 4.48 Å². The van der Waals surface area contributed by atoms with Crippen molar-refractivity contribution in [2.24, 2.45) is 17.1 Å². The summed E-state index contributed by atoms with van der Waals surface area (Å²) in [4.78, 5) is 0. The summed E-state index contributed by atoms with van der Waals surface area (Å²) in [5.41, 5.74) is 5.61. The van der Waals surface area contributed by atoms with E-state index < -0.39 is 0 Å². The van der Waals surface area contributed by atoms with Crippen molar-refractivity contribution < 1.29 is 4.48 Å². The third-order valence-corrected chi connectivity index (χ3v) is 2.90. The van der Waals surface area contributed by atoms with Gasteiger partial charge in [0.05, 0.1) is 0 Å². The van der Waals surface area contributed by atoms with Crippen molar-refractivity contribution in [2.75, 3.05) is 19.6 Å². The second kappa shape index (κ2) is 3.07. The van der Waals surface area contributed by atoms with Gasteiger partial charge in [0.2, 0.25) is 0 Å². The molecule has 0 amide bonds. The van der Waals surface area contributed by atoms with Gasteiger partial charge < -0.3 is 5.73 Å². The standard InChI is InChI=1S/C8H17FN2/c1-3-7-4-11(9)6-8(7,2)5-10/h7H,3-6,10H2,1-2H3. The average Bonchev–Trinajstić information content (AvgIpc) is 2.27. The fourth-order valence-corrected chi connectivity index (χ4v) is 1.90. The van der Waals surface area contributed by atoms with Gasteiger partial charge in [-0.1, -0.05) is 20.3 Å². The first-order valence-corrected chi connectivity index (χ1v) is 4.23. The molecule has 2 N–H and O–H groups in total. The smallest absolute Gasteiger partial charge is 0.0359 e. The summed E-state index contributed by atoms with van der Waals surface area (Å²) in [6, 6.07) is 0. The number of nitrogens with zero attached hydrogens (tertiary/aromatic N) is 1. The molecule has 0 spiro atoms. The van der Waals surface area contributed by atoms with Crippen molar-refractivity contribution >= 4 is 0 Å². The van der Waals surface area contributed by atoms with Crippen LogP contribution in [-0.2, 0) is 0 Å². The Kier molecular flexibility index (Phi) is 2.50. The first-order valence-electron chi connectivity index (χ1n) is 4.23. The summed E-state index contributed by atoms with van der Waals surface area (Å²) in [6.45, 7) is 5.82. The van der Waals surface area contributed by atoms with Crippen molar-refractivity contribution in [2.45, 2.75) is 20.3 Å². The number of nitrogens with two attached hydrogens (primary N) is 1. The fourth-order valence-electron chi connectivity index (χ4n) is 1.90. The van der Waals surface area contributed by atoms with Gasteiger partial charge in [0.25, 0.3) is 0 Å². The molecular formula is C8H17FN2. The van der Waals surface area contributed by atoms with E-state index >= 15 is 0 Å². The highest BCUT2D eigenvalue weighted by molar-refractivity contribution is 4.91. The van der Waals surface area contributed by atoms with Crippen LogP contribution in [0.5, 0.6) is 0 Å². The molecule has 0 aromatic carbocycles. The quantitative estimate of drug-likeness (QED) is 0.614. The van der Waals surface area contributed by atoms with E-state index in [2.05, 4.69) is 13.8 Å². The maximum atomic E-state index is 12.8. The SMILES string of the molecule is CCC1CN(F)CC1(C)CN. The van der Waals surface area contributed by atoms with Crippen molar-refractivity contribution in [3.63, 3.8) is 0 Å². The average molecular weight is 160 g/mol. The Labute approximate surface area is 67.5 Å². The van der Waals surface area contributed by atoms with Crippen LogP contribution in [0.3, 0.4) is 0 Å². The van der Waals surface area contributed by atoms with Gasteiger partial charge in [-0.3, -0.25) is 0 Å². The molecule has 1 aliphatic heterocycles. The maximum absolute atomic E-state index is 12.8. The largest absolute Gasteiger partial charge is 0.330 e. The van der Waals surface area contributed by atoms with E-state index in [4.69, 9.17) is 5.73 Å². The lowest BCUT2D eigenvalue weighted by Gasteiger charge is -2.27. The second-order valence-corrected chi connectivity index (χ2v) is 3.77. The number of hydrogen-bond acceptors (Lipinski definition) is 2. The van der Waals surface area contributed by atoms with Crippen molar-refractivity contribution in [1.82, 2.24) is 5.12 Å². The molecule has 0 saturated carbocycles. The monoisotopic (exact) mass is 160 g/mol. The van der Waals surface area contributed by atoms with E-state index in [0.29, 0.717) is 25.6 Å². The summed E-state index contributed by atoms with van der Waals surface area (Å²) >= 11 is 0. The van der Waals surface area contributed by atoms with Crippen LogP contribution in [0.2, 0.25) is 0 Å². The molecule has 1 saturated heterocycles. The lowest BCUT2D eigenvalue weighted by molar-refractivity contribution is 0.0432. The Balaban J connectivity index is 2.63. The Bertz CT molecular complexity index is 140. The molecule has 66 valence electrons. The highest BCUT2D eigenvalue weighted by Gasteiger charge is 2.41. The summed E-state index contributed by atoms with van der Waals surface area (Å²) in [5.74, 6) is 0.428. The lowest BCUT2D eigenvalue weighted by atomic mass is 9.79. The van der Waals surface area contributed by atoms with E-state index in [0.717, 1.165) is 11.5 Å². The van der Waals surface area contributed by atoms with E-state index in [1.807, 2.05) is 0 Å². The van der Waals surface area contributed by atoms with E-state index in [1.165, 1.54) is 0 Å². The van der Waals surface area contributed by atoms with Gasteiger partial charge in [-0.05, 0) is 17.9 Å². The van der Waals surface area contributed by atoms with Crippen molar-refractivity contribution in [1.29, 1.82) is 0 Å². The topological polar surface area (TPSA) is 29.3 Å². The Morgan fingerprint density at radius 2 is 2.36 bits per heavy atom. The fraction of sp³-hybridized carbons (Fsp3) is 1.00. The third kappa shape index (κ3) is 1.54. The van der Waals surface area contributed by atoms with Crippen LogP contribution >= 0.6 is 0 Å². The Morgan fingerprint density at radius 1 is 1.73 bits per heavy atom. The van der Waals surface area contributed by atoms with Gasteiger partial charge >= 0.3 is 0 Å². The van der Waals surface area contributed by atoms with Crippen LogP contribution < -0.4 is 5.73 Å². The third-order valence-electron chi connectivity index (χ3n) is 2.90. The molecular weight excluding hydrogens is 143 g/mol. The molecule has 2 nitrogen and oxygen atoms in total. The van der Waals surface area contributed by atoms with Crippen LogP contribution in [0, 0.1) is 11.3 Å². The van der Waals surface area contributed by atoms with Crippen LogP contribution in [-0.4, -0.2) is 24.8 Å². The summed E-state index contributed by atoms with van der Waals surface area (Å²) < 4.78 is 12.8. The lowest BCUT2D eigenvalue weighted by Crippen LogP contribution is -2.34. The summed E-state index contributed by atoms with van der Waals surface area (Å²) in [7, 11) is 0. The molecule has 1 fully saturated rings. The van der Waals surface area contributed by atoms with Gasteiger partial charge in [0, 0.05) is 13.1 Å². The zero-order valence-electron chi connectivity index (χ0n) is 7.31. The van der Waals surface area contributed by atoms with E-state index in [-0.39, 0.29) is 5.41 Å². The van der Waals surface area contributed by atoms with Gasteiger partial charge in [-0.25, -0.2) is 0 Å². The summed E-state index contributed by atoms with van der Waals surface area (Å²) in [6.07, 6.45) is 1.02. The molecule has 0 aromatic rings. The highest BCUT2D eigenvalue weighted by Crippen LogP contribution is 2.36. The Morgan fingerprint density at radius 3 is 2.73 bits per heavy atom. The molecule has 1 aliphatic rings. The molecule has 0 bridgehead atoms. The zero-order valence-corrected chi connectivity index (χ0v) is 7.31. The van der Waals surface area contributed by atoms with Crippen molar-refractivity contribution in [3.05, 3.63) is 0 Å². The van der Waals surface area contributed by atoms with Gasteiger partial charge in [-0.15, -0.1) is 9.60 Å². The maximum Gasteiger partial charge on any atom is 0.0359 e. The molecule has 2 unspecified atom stereocenters.